The second-order valence-electron chi connectivity index (χ2n) is 4.79. The zero-order valence-electron chi connectivity index (χ0n) is 10.8. The fraction of sp³-hybridized carbons (Fsp3) is 0.500. The minimum Gasteiger partial charge on any atom is -0.384 e. The molecule has 0 unspecified atom stereocenters. The minimum absolute atomic E-state index is 0.0246. The molecule has 19 heavy (non-hydrogen) atoms. The summed E-state index contributed by atoms with van der Waals surface area (Å²) in [6.45, 7) is 2.91. The number of nitrogens with one attached hydrogen (secondary N) is 1. The second-order valence-corrected chi connectivity index (χ2v) is 5.20. The second kappa shape index (κ2) is 6.89. The van der Waals surface area contributed by atoms with E-state index in [0.29, 0.717) is 23.1 Å². The highest BCUT2D eigenvalue weighted by Crippen LogP contribution is 2.20. The molecule has 1 aromatic rings. The van der Waals surface area contributed by atoms with Gasteiger partial charge in [-0.3, -0.25) is 5.41 Å². The van der Waals surface area contributed by atoms with Crippen molar-refractivity contribution < 1.29 is 9.47 Å². The molecule has 0 radical (unpaired) electrons. The van der Waals surface area contributed by atoms with Crippen molar-refractivity contribution in [3.63, 3.8) is 0 Å². The topological polar surface area (TPSA) is 68.3 Å². The molecule has 2 rings (SSSR count). The van der Waals surface area contributed by atoms with Crippen LogP contribution in [0.15, 0.2) is 18.2 Å². The fourth-order valence-corrected chi connectivity index (χ4v) is 2.32. The molecule has 1 aliphatic heterocycles. The first kappa shape index (κ1) is 14.3. The third-order valence-electron chi connectivity index (χ3n) is 3.32. The van der Waals surface area contributed by atoms with Crippen LogP contribution >= 0.6 is 11.6 Å². The Kier molecular flexibility index (Phi) is 5.19. The predicted octanol–water partition coefficient (Wildman–Crippen LogP) is 2.57. The van der Waals surface area contributed by atoms with Gasteiger partial charge in [0.25, 0.3) is 0 Å². The Bertz CT molecular complexity index is 445. The van der Waals surface area contributed by atoms with Crippen LogP contribution in [-0.4, -0.2) is 25.7 Å². The van der Waals surface area contributed by atoms with E-state index in [1.165, 1.54) is 0 Å². The number of benzene rings is 1. The Balaban J connectivity index is 1.83. The van der Waals surface area contributed by atoms with Gasteiger partial charge in [-0.1, -0.05) is 23.7 Å². The van der Waals surface area contributed by atoms with Crippen LogP contribution in [0.5, 0.6) is 0 Å². The molecule has 1 fully saturated rings. The van der Waals surface area contributed by atoms with Gasteiger partial charge in [0.05, 0.1) is 13.2 Å². The number of halogens is 1. The Hall–Kier alpha value is -1.10. The van der Waals surface area contributed by atoms with Crippen LogP contribution in [0.3, 0.4) is 0 Å². The van der Waals surface area contributed by atoms with Crippen LogP contribution in [0, 0.1) is 11.3 Å². The number of hydrogen-bond donors (Lipinski definition) is 2. The lowest BCUT2D eigenvalue weighted by atomic mass is 10.0. The number of hydrogen-bond acceptors (Lipinski definition) is 3. The lowest BCUT2D eigenvalue weighted by Gasteiger charge is -2.21. The molecule has 1 aliphatic rings. The summed E-state index contributed by atoms with van der Waals surface area (Å²) in [5.74, 6) is 0.612. The summed E-state index contributed by atoms with van der Waals surface area (Å²) in [6, 6.07) is 5.36. The van der Waals surface area contributed by atoms with Gasteiger partial charge < -0.3 is 15.2 Å². The largest absolute Gasteiger partial charge is 0.384 e. The first-order chi connectivity index (χ1) is 9.16. The maximum Gasteiger partial charge on any atom is 0.122 e. The van der Waals surface area contributed by atoms with Crippen LogP contribution in [-0.2, 0) is 16.1 Å². The van der Waals surface area contributed by atoms with Crippen molar-refractivity contribution in [1.29, 1.82) is 5.41 Å². The van der Waals surface area contributed by atoms with E-state index in [1.807, 2.05) is 6.07 Å². The van der Waals surface area contributed by atoms with E-state index in [-0.39, 0.29) is 5.84 Å². The highest BCUT2D eigenvalue weighted by Gasteiger charge is 2.14. The monoisotopic (exact) mass is 282 g/mol. The predicted molar refractivity (Wildman–Crippen MR) is 75.7 cm³/mol. The Labute approximate surface area is 118 Å². The number of ether oxygens (including phenoxy) is 2. The van der Waals surface area contributed by atoms with E-state index >= 15 is 0 Å². The van der Waals surface area contributed by atoms with E-state index in [9.17, 15) is 0 Å². The summed E-state index contributed by atoms with van der Waals surface area (Å²) < 4.78 is 11.0. The quantitative estimate of drug-likeness (QED) is 0.644. The Morgan fingerprint density at radius 3 is 2.79 bits per heavy atom. The molecule has 0 aliphatic carbocycles. The van der Waals surface area contributed by atoms with Crippen molar-refractivity contribution >= 4 is 17.4 Å². The summed E-state index contributed by atoms with van der Waals surface area (Å²) in [7, 11) is 0. The van der Waals surface area contributed by atoms with Gasteiger partial charge in [-0.2, -0.15) is 0 Å². The normalized spacial score (nSPS) is 16.5. The zero-order valence-corrected chi connectivity index (χ0v) is 11.6. The molecule has 0 spiro atoms. The van der Waals surface area contributed by atoms with Crippen LogP contribution in [0.1, 0.15) is 24.0 Å². The Morgan fingerprint density at radius 2 is 2.16 bits per heavy atom. The van der Waals surface area contributed by atoms with Gasteiger partial charge >= 0.3 is 0 Å². The molecule has 4 nitrogen and oxygen atoms in total. The molecule has 3 N–H and O–H groups in total. The summed E-state index contributed by atoms with van der Waals surface area (Å²) >= 11 is 6.14. The van der Waals surface area contributed by atoms with Crippen molar-refractivity contribution in [2.75, 3.05) is 19.8 Å². The summed E-state index contributed by atoms with van der Waals surface area (Å²) in [4.78, 5) is 0. The first-order valence-corrected chi connectivity index (χ1v) is 6.83. The third-order valence-corrected chi connectivity index (χ3v) is 3.67. The molecule has 0 bridgehead atoms. The molecule has 0 saturated carbocycles. The average molecular weight is 283 g/mol. The molecule has 1 saturated heterocycles. The standard InChI is InChI=1S/C14H19ClN2O2/c15-13-7-11(14(16)17)1-2-12(13)9-19-8-10-3-5-18-6-4-10/h1-2,7,10H,3-6,8-9H2,(H3,16,17). The van der Waals surface area contributed by atoms with Gasteiger partial charge in [-0.25, -0.2) is 0 Å². The lowest BCUT2D eigenvalue weighted by molar-refractivity contribution is 0.0157. The van der Waals surface area contributed by atoms with Gasteiger partial charge in [0.1, 0.15) is 5.84 Å². The molecule has 5 heteroatoms. The van der Waals surface area contributed by atoms with Gasteiger partial charge in [0.2, 0.25) is 0 Å². The van der Waals surface area contributed by atoms with Crippen molar-refractivity contribution in [3.8, 4) is 0 Å². The third kappa shape index (κ3) is 4.20. The van der Waals surface area contributed by atoms with Crippen molar-refractivity contribution in [1.82, 2.24) is 0 Å². The molecule has 104 valence electrons. The van der Waals surface area contributed by atoms with E-state index < -0.39 is 0 Å². The van der Waals surface area contributed by atoms with Crippen LogP contribution in [0.2, 0.25) is 5.02 Å². The van der Waals surface area contributed by atoms with Crippen LogP contribution in [0.25, 0.3) is 0 Å². The van der Waals surface area contributed by atoms with Crippen molar-refractivity contribution in [3.05, 3.63) is 34.3 Å². The molecule has 0 aromatic heterocycles. The highest BCUT2D eigenvalue weighted by atomic mass is 35.5. The van der Waals surface area contributed by atoms with Crippen LogP contribution < -0.4 is 5.73 Å². The fourth-order valence-electron chi connectivity index (χ4n) is 2.08. The number of nitrogens with two attached hydrogens (primary N) is 1. The number of rotatable bonds is 5. The molecule has 0 amide bonds. The zero-order chi connectivity index (χ0) is 13.7. The smallest absolute Gasteiger partial charge is 0.122 e. The summed E-state index contributed by atoms with van der Waals surface area (Å²) in [5, 5.41) is 7.95. The molecular weight excluding hydrogens is 264 g/mol. The van der Waals surface area contributed by atoms with Gasteiger partial charge in [0, 0.05) is 23.8 Å². The van der Waals surface area contributed by atoms with Crippen molar-refractivity contribution in [2.45, 2.75) is 19.4 Å². The highest BCUT2D eigenvalue weighted by molar-refractivity contribution is 6.31. The maximum atomic E-state index is 7.35. The van der Waals surface area contributed by atoms with Crippen molar-refractivity contribution in [2.24, 2.45) is 11.7 Å². The average Bonchev–Trinajstić information content (AvgIpc) is 2.41. The molecule has 0 atom stereocenters. The minimum atomic E-state index is 0.0246. The molecule has 1 heterocycles. The number of amidine groups is 1. The molecule has 1 aromatic carbocycles. The van der Waals surface area contributed by atoms with E-state index in [1.54, 1.807) is 12.1 Å². The molecular formula is C14H19ClN2O2. The van der Waals surface area contributed by atoms with Gasteiger partial charge in [-0.05, 0) is 30.4 Å². The van der Waals surface area contributed by atoms with Gasteiger partial charge in [0.15, 0.2) is 0 Å². The lowest BCUT2D eigenvalue weighted by Crippen LogP contribution is -2.20. The van der Waals surface area contributed by atoms with E-state index in [2.05, 4.69) is 0 Å². The van der Waals surface area contributed by atoms with E-state index in [0.717, 1.165) is 38.2 Å². The van der Waals surface area contributed by atoms with Crippen LogP contribution in [0.4, 0.5) is 0 Å². The number of nitrogen functional groups attached to an aromatic ring is 1. The maximum absolute atomic E-state index is 7.35. The first-order valence-electron chi connectivity index (χ1n) is 6.45. The SMILES string of the molecule is N=C(N)c1ccc(COCC2CCOCC2)c(Cl)c1. The van der Waals surface area contributed by atoms with E-state index in [4.69, 9.17) is 32.2 Å². The Morgan fingerprint density at radius 1 is 1.42 bits per heavy atom. The summed E-state index contributed by atoms with van der Waals surface area (Å²) in [6.07, 6.45) is 2.13. The summed E-state index contributed by atoms with van der Waals surface area (Å²) in [5.41, 5.74) is 6.98. The van der Waals surface area contributed by atoms with Gasteiger partial charge in [-0.15, -0.1) is 0 Å².